The monoisotopic (exact) mass is 373 g/mol. The molecule has 0 radical (unpaired) electrons. The van der Waals surface area contributed by atoms with E-state index in [0.717, 1.165) is 23.8 Å². The second kappa shape index (κ2) is 7.05. The maximum absolute atomic E-state index is 13.7. The lowest BCUT2D eigenvalue weighted by Gasteiger charge is -2.28. The minimum Gasteiger partial charge on any atom is -0.454 e. The summed E-state index contributed by atoms with van der Waals surface area (Å²) in [4.78, 5) is 3.94. The van der Waals surface area contributed by atoms with Crippen molar-refractivity contribution in [1.82, 2.24) is 14.8 Å². The highest BCUT2D eigenvalue weighted by Crippen LogP contribution is 2.37. The van der Waals surface area contributed by atoms with Crippen LogP contribution < -0.4 is 4.74 Å². The molecule has 27 heavy (non-hydrogen) atoms. The molecular weight excluding hydrogens is 356 g/mol. The van der Waals surface area contributed by atoms with Gasteiger partial charge in [-0.1, -0.05) is 0 Å². The minimum absolute atomic E-state index is 0.0779. The molecule has 1 aromatic heterocycles. The Labute approximate surface area is 154 Å². The van der Waals surface area contributed by atoms with Crippen molar-refractivity contribution < 1.29 is 23.0 Å². The predicted octanol–water partition coefficient (Wildman–Crippen LogP) is 3.64. The molecule has 140 valence electrons. The van der Waals surface area contributed by atoms with Crippen molar-refractivity contribution in [1.29, 1.82) is 0 Å². The summed E-state index contributed by atoms with van der Waals surface area (Å²) >= 11 is 0. The molecule has 2 aromatic carbocycles. The van der Waals surface area contributed by atoms with Gasteiger partial charge < -0.3 is 14.2 Å². The fraction of sp³-hybridized carbons (Fsp3) is 0.263. The quantitative estimate of drug-likeness (QED) is 0.683. The van der Waals surface area contributed by atoms with Crippen LogP contribution in [0.2, 0.25) is 0 Å². The summed E-state index contributed by atoms with van der Waals surface area (Å²) in [5, 5.41) is 4.11. The zero-order valence-corrected chi connectivity index (χ0v) is 14.5. The highest BCUT2D eigenvalue weighted by atomic mass is 19.1. The van der Waals surface area contributed by atoms with Gasteiger partial charge in [0.1, 0.15) is 30.8 Å². The van der Waals surface area contributed by atoms with E-state index in [-0.39, 0.29) is 11.9 Å². The van der Waals surface area contributed by atoms with Gasteiger partial charge in [0.2, 0.25) is 5.79 Å². The summed E-state index contributed by atoms with van der Waals surface area (Å²) in [7, 11) is 0. The molecule has 0 aliphatic carbocycles. The summed E-state index contributed by atoms with van der Waals surface area (Å²) in [6.45, 7) is 2.70. The lowest BCUT2D eigenvalue weighted by atomic mass is 10.1. The average Bonchev–Trinajstić information content (AvgIpc) is 3.29. The van der Waals surface area contributed by atoms with E-state index in [4.69, 9.17) is 14.2 Å². The third-order valence-electron chi connectivity index (χ3n) is 4.19. The van der Waals surface area contributed by atoms with Gasteiger partial charge >= 0.3 is 0 Å². The predicted molar refractivity (Wildman–Crippen MR) is 91.1 cm³/mol. The normalized spacial score (nSPS) is 22.1. The van der Waals surface area contributed by atoms with Crippen LogP contribution in [0.3, 0.4) is 0 Å². The summed E-state index contributed by atoms with van der Waals surface area (Å²) < 4.78 is 46.1. The van der Waals surface area contributed by atoms with Crippen LogP contribution in [-0.4, -0.2) is 27.5 Å². The van der Waals surface area contributed by atoms with Gasteiger partial charge in [0.05, 0.1) is 12.7 Å². The zero-order chi connectivity index (χ0) is 18.9. The summed E-state index contributed by atoms with van der Waals surface area (Å²) in [6, 6.07) is 9.89. The largest absolute Gasteiger partial charge is 0.454 e. The Morgan fingerprint density at radius 3 is 2.70 bits per heavy atom. The van der Waals surface area contributed by atoms with Crippen molar-refractivity contribution in [2.45, 2.75) is 25.4 Å². The number of hydrogen-bond donors (Lipinski definition) is 0. The van der Waals surface area contributed by atoms with E-state index >= 15 is 0 Å². The van der Waals surface area contributed by atoms with E-state index in [9.17, 15) is 8.78 Å². The standard InChI is InChI=1S/C19H17F2N3O3/c1-13-9-25-19(27-13,10-24-12-22-11-23-24)14-2-5-16(6-3-14)26-18-8-15(20)4-7-17(18)21/h2-8,11-13H,9-10H2,1H3. The first-order chi connectivity index (χ1) is 13.0. The van der Waals surface area contributed by atoms with Crippen LogP contribution in [0.15, 0.2) is 55.1 Å². The fourth-order valence-corrected chi connectivity index (χ4v) is 2.96. The highest BCUT2D eigenvalue weighted by Gasteiger charge is 2.42. The molecule has 4 rings (SSSR count). The van der Waals surface area contributed by atoms with E-state index < -0.39 is 17.4 Å². The molecule has 1 fully saturated rings. The van der Waals surface area contributed by atoms with Gasteiger partial charge in [0, 0.05) is 11.6 Å². The van der Waals surface area contributed by atoms with E-state index in [1.165, 1.54) is 6.33 Å². The Bertz CT molecular complexity index is 918. The molecule has 6 nitrogen and oxygen atoms in total. The number of nitrogens with zero attached hydrogens (tertiary/aromatic N) is 3. The van der Waals surface area contributed by atoms with Crippen LogP contribution in [0.4, 0.5) is 8.78 Å². The Balaban J connectivity index is 1.58. The third kappa shape index (κ3) is 3.67. The fourth-order valence-electron chi connectivity index (χ4n) is 2.96. The second-order valence-electron chi connectivity index (χ2n) is 6.29. The second-order valence-corrected chi connectivity index (χ2v) is 6.29. The van der Waals surface area contributed by atoms with Gasteiger partial charge in [-0.05, 0) is 43.3 Å². The lowest BCUT2D eigenvalue weighted by molar-refractivity contribution is -0.186. The number of ether oxygens (including phenoxy) is 3. The van der Waals surface area contributed by atoms with E-state index in [1.807, 2.05) is 6.92 Å². The van der Waals surface area contributed by atoms with Gasteiger partial charge in [-0.15, -0.1) is 0 Å². The maximum Gasteiger partial charge on any atom is 0.215 e. The Kier molecular flexibility index (Phi) is 4.59. The Hall–Kier alpha value is -2.84. The van der Waals surface area contributed by atoms with E-state index in [0.29, 0.717) is 18.9 Å². The molecule has 2 unspecified atom stereocenters. The van der Waals surface area contributed by atoms with Gasteiger partial charge in [-0.25, -0.2) is 18.4 Å². The van der Waals surface area contributed by atoms with E-state index in [1.54, 1.807) is 35.3 Å². The van der Waals surface area contributed by atoms with Crippen LogP contribution in [0.1, 0.15) is 12.5 Å². The molecule has 0 N–H and O–H groups in total. The van der Waals surface area contributed by atoms with Gasteiger partial charge in [-0.3, -0.25) is 0 Å². The molecule has 2 atom stereocenters. The Morgan fingerprint density at radius 2 is 2.04 bits per heavy atom. The zero-order valence-electron chi connectivity index (χ0n) is 14.5. The van der Waals surface area contributed by atoms with Gasteiger partial charge in [-0.2, -0.15) is 5.10 Å². The first kappa shape index (κ1) is 17.6. The summed E-state index contributed by atoms with van der Waals surface area (Å²) in [5.74, 6) is -2.03. The van der Waals surface area contributed by atoms with Crippen molar-refractivity contribution in [2.24, 2.45) is 0 Å². The summed E-state index contributed by atoms with van der Waals surface area (Å²) in [6.07, 6.45) is 2.95. The molecule has 0 saturated carbocycles. The topological polar surface area (TPSA) is 58.4 Å². The number of rotatable bonds is 5. The molecule has 0 bridgehead atoms. The average molecular weight is 373 g/mol. The SMILES string of the molecule is CC1COC(Cn2cncn2)(c2ccc(Oc3cc(F)ccc3F)cc2)O1. The Morgan fingerprint density at radius 1 is 1.22 bits per heavy atom. The minimum atomic E-state index is -1.00. The number of hydrogen-bond acceptors (Lipinski definition) is 5. The van der Waals surface area contributed by atoms with Crippen LogP contribution in [-0.2, 0) is 21.8 Å². The molecule has 3 aromatic rings. The number of benzene rings is 2. The molecule has 1 aliphatic heterocycles. The molecule has 0 spiro atoms. The number of halogens is 2. The lowest BCUT2D eigenvalue weighted by Crippen LogP contribution is -2.33. The van der Waals surface area contributed by atoms with Gasteiger partial charge in [0.15, 0.2) is 11.6 Å². The number of aromatic nitrogens is 3. The molecule has 1 aliphatic rings. The highest BCUT2D eigenvalue weighted by molar-refractivity contribution is 5.35. The maximum atomic E-state index is 13.7. The molecule has 8 heteroatoms. The molecule has 0 amide bonds. The first-order valence-electron chi connectivity index (χ1n) is 8.42. The van der Waals surface area contributed by atoms with Crippen molar-refractivity contribution in [3.05, 3.63) is 72.3 Å². The third-order valence-corrected chi connectivity index (χ3v) is 4.19. The van der Waals surface area contributed by atoms with Crippen molar-refractivity contribution in [3.8, 4) is 11.5 Å². The van der Waals surface area contributed by atoms with Crippen LogP contribution in [0, 0.1) is 11.6 Å². The van der Waals surface area contributed by atoms with Crippen LogP contribution in [0.25, 0.3) is 0 Å². The van der Waals surface area contributed by atoms with Crippen molar-refractivity contribution >= 4 is 0 Å². The van der Waals surface area contributed by atoms with Crippen molar-refractivity contribution in [3.63, 3.8) is 0 Å². The first-order valence-corrected chi connectivity index (χ1v) is 8.42. The summed E-state index contributed by atoms with van der Waals surface area (Å²) in [5.41, 5.74) is 0.759. The smallest absolute Gasteiger partial charge is 0.215 e. The van der Waals surface area contributed by atoms with Crippen LogP contribution >= 0.6 is 0 Å². The van der Waals surface area contributed by atoms with Crippen molar-refractivity contribution in [2.75, 3.05) is 6.61 Å². The van der Waals surface area contributed by atoms with Gasteiger partial charge in [0.25, 0.3) is 0 Å². The van der Waals surface area contributed by atoms with E-state index in [2.05, 4.69) is 10.1 Å². The molecule has 1 saturated heterocycles. The molecule has 2 heterocycles. The van der Waals surface area contributed by atoms with Crippen LogP contribution in [0.5, 0.6) is 11.5 Å². The molecular formula is C19H17F2N3O3.